The van der Waals surface area contributed by atoms with Crippen molar-refractivity contribution < 1.29 is 4.74 Å². The van der Waals surface area contributed by atoms with Gasteiger partial charge in [0.2, 0.25) is 0 Å². The minimum absolute atomic E-state index is 0.761. The van der Waals surface area contributed by atoms with E-state index in [4.69, 9.17) is 4.74 Å². The van der Waals surface area contributed by atoms with E-state index >= 15 is 0 Å². The summed E-state index contributed by atoms with van der Waals surface area (Å²) in [6, 6.07) is 12.3. The second kappa shape index (κ2) is 4.10. The van der Waals surface area contributed by atoms with E-state index in [0.29, 0.717) is 0 Å². The predicted octanol–water partition coefficient (Wildman–Crippen LogP) is 3.93. The molecular weight excluding hydrogens is 304 g/mol. The second-order valence-corrected chi connectivity index (χ2v) is 5.50. The smallest absolute Gasteiger partial charge is 0.138 e. The highest BCUT2D eigenvalue weighted by molar-refractivity contribution is 9.10. The minimum atomic E-state index is 0.761. The lowest BCUT2D eigenvalue weighted by atomic mass is 10.1. The summed E-state index contributed by atoms with van der Waals surface area (Å²) >= 11 is 3.57. The highest BCUT2D eigenvalue weighted by Crippen LogP contribution is 2.37. The lowest BCUT2D eigenvalue weighted by Gasteiger charge is -2.04. The third kappa shape index (κ3) is 1.75. The summed E-state index contributed by atoms with van der Waals surface area (Å²) in [5.74, 6) is 1.87. The van der Waals surface area contributed by atoms with Crippen LogP contribution in [0, 0.1) is 0 Å². The van der Waals surface area contributed by atoms with Gasteiger partial charge in [0, 0.05) is 12.0 Å². The van der Waals surface area contributed by atoms with Crippen LogP contribution < -0.4 is 4.74 Å². The Hall–Kier alpha value is -1.81. The van der Waals surface area contributed by atoms with Crippen LogP contribution in [0.3, 0.4) is 0 Å². The fourth-order valence-corrected chi connectivity index (χ4v) is 3.10. The number of imidazole rings is 1. The number of fused-ring (bicyclic) bond motifs is 2. The number of ether oxygens (including phenoxy) is 1. The Kier molecular flexibility index (Phi) is 2.38. The molecule has 4 rings (SSSR count). The third-order valence-corrected chi connectivity index (χ3v) is 3.99. The molecule has 1 aliphatic heterocycles. The van der Waals surface area contributed by atoms with E-state index in [1.54, 1.807) is 0 Å². The summed E-state index contributed by atoms with van der Waals surface area (Å²) in [7, 11) is 0. The van der Waals surface area contributed by atoms with Gasteiger partial charge in [0.05, 0.1) is 22.1 Å². The molecule has 1 aromatic heterocycles. The third-order valence-electron chi connectivity index (χ3n) is 3.40. The van der Waals surface area contributed by atoms with Crippen molar-refractivity contribution in [3.63, 3.8) is 0 Å². The van der Waals surface area contributed by atoms with E-state index in [9.17, 15) is 0 Å². The summed E-state index contributed by atoms with van der Waals surface area (Å²) in [5, 5.41) is 0. The molecule has 0 saturated heterocycles. The number of rotatable bonds is 1. The fraction of sp³-hybridized carbons (Fsp3) is 0.133. The van der Waals surface area contributed by atoms with E-state index in [1.165, 1.54) is 5.56 Å². The zero-order valence-corrected chi connectivity index (χ0v) is 11.7. The number of benzene rings is 2. The molecular formula is C15H11BrN2O. The minimum Gasteiger partial charge on any atom is -0.492 e. The van der Waals surface area contributed by atoms with Gasteiger partial charge in [0.25, 0.3) is 0 Å². The average Bonchev–Trinajstić information content (AvgIpc) is 3.04. The van der Waals surface area contributed by atoms with Gasteiger partial charge in [-0.2, -0.15) is 0 Å². The van der Waals surface area contributed by atoms with Crippen LogP contribution in [0.4, 0.5) is 0 Å². The fourth-order valence-electron chi connectivity index (χ4n) is 2.49. The molecule has 0 amide bonds. The van der Waals surface area contributed by atoms with Gasteiger partial charge in [-0.15, -0.1) is 0 Å². The van der Waals surface area contributed by atoms with E-state index < -0.39 is 0 Å². The van der Waals surface area contributed by atoms with Crippen LogP contribution in [0.15, 0.2) is 40.9 Å². The van der Waals surface area contributed by atoms with Crippen LogP contribution in [0.2, 0.25) is 0 Å². The number of nitrogens with zero attached hydrogens (tertiary/aromatic N) is 1. The highest BCUT2D eigenvalue weighted by atomic mass is 79.9. The van der Waals surface area contributed by atoms with Crippen molar-refractivity contribution in [1.82, 2.24) is 9.97 Å². The van der Waals surface area contributed by atoms with Gasteiger partial charge in [-0.05, 0) is 45.8 Å². The first kappa shape index (κ1) is 11.1. The Morgan fingerprint density at radius 1 is 1.21 bits per heavy atom. The first-order valence-electron chi connectivity index (χ1n) is 6.21. The Balaban J connectivity index is 1.90. The number of halogens is 1. The Morgan fingerprint density at radius 3 is 3.00 bits per heavy atom. The SMILES string of the molecule is Brc1cc(-c2nc3ccccc3[nH]2)cc2c1OCC2. The summed E-state index contributed by atoms with van der Waals surface area (Å²) < 4.78 is 6.60. The van der Waals surface area contributed by atoms with Crippen molar-refractivity contribution in [3.05, 3.63) is 46.4 Å². The summed E-state index contributed by atoms with van der Waals surface area (Å²) in [6.07, 6.45) is 0.960. The normalized spacial score (nSPS) is 13.5. The van der Waals surface area contributed by atoms with E-state index in [2.05, 4.69) is 38.0 Å². The second-order valence-electron chi connectivity index (χ2n) is 4.65. The highest BCUT2D eigenvalue weighted by Gasteiger charge is 2.18. The van der Waals surface area contributed by atoms with Crippen LogP contribution in [0.5, 0.6) is 5.75 Å². The monoisotopic (exact) mass is 314 g/mol. The molecule has 0 bridgehead atoms. The van der Waals surface area contributed by atoms with Crippen molar-refractivity contribution in [2.24, 2.45) is 0 Å². The van der Waals surface area contributed by atoms with E-state index in [-0.39, 0.29) is 0 Å². The number of H-pyrrole nitrogens is 1. The number of aromatic amines is 1. The van der Waals surface area contributed by atoms with Crippen molar-refractivity contribution in [2.75, 3.05) is 6.61 Å². The number of aromatic nitrogens is 2. The Morgan fingerprint density at radius 2 is 2.11 bits per heavy atom. The molecule has 3 aromatic rings. The Bertz CT molecular complexity index is 746. The summed E-state index contributed by atoms with van der Waals surface area (Å²) in [5.41, 5.74) is 4.38. The number of para-hydroxylation sites is 2. The van der Waals surface area contributed by atoms with Crippen LogP contribution in [0.25, 0.3) is 22.4 Å². The molecule has 1 aliphatic rings. The molecule has 2 heterocycles. The summed E-state index contributed by atoms with van der Waals surface area (Å²) in [6.45, 7) is 0.761. The molecule has 94 valence electrons. The van der Waals surface area contributed by atoms with Crippen molar-refractivity contribution in [2.45, 2.75) is 6.42 Å². The zero-order valence-electron chi connectivity index (χ0n) is 10.1. The van der Waals surface area contributed by atoms with Crippen molar-refractivity contribution in [1.29, 1.82) is 0 Å². The maximum atomic E-state index is 5.60. The van der Waals surface area contributed by atoms with Gasteiger partial charge in [0.1, 0.15) is 11.6 Å². The maximum Gasteiger partial charge on any atom is 0.138 e. The van der Waals surface area contributed by atoms with E-state index in [1.807, 2.05) is 24.3 Å². The van der Waals surface area contributed by atoms with Crippen LogP contribution >= 0.6 is 15.9 Å². The average molecular weight is 315 g/mol. The van der Waals surface area contributed by atoms with Gasteiger partial charge in [-0.3, -0.25) is 0 Å². The molecule has 3 nitrogen and oxygen atoms in total. The molecule has 0 radical (unpaired) electrons. The predicted molar refractivity (Wildman–Crippen MR) is 78.4 cm³/mol. The standard InChI is InChI=1S/C15H11BrN2O/c16-11-8-10(7-9-5-6-19-14(9)11)15-17-12-3-1-2-4-13(12)18-15/h1-4,7-8H,5-6H2,(H,17,18). The molecule has 2 aromatic carbocycles. The van der Waals surface area contributed by atoms with Gasteiger partial charge >= 0.3 is 0 Å². The summed E-state index contributed by atoms with van der Waals surface area (Å²) in [4.78, 5) is 7.99. The lowest BCUT2D eigenvalue weighted by Crippen LogP contribution is -1.86. The molecule has 0 aliphatic carbocycles. The van der Waals surface area contributed by atoms with Crippen LogP contribution in [-0.2, 0) is 6.42 Å². The molecule has 0 unspecified atom stereocenters. The van der Waals surface area contributed by atoms with E-state index in [0.717, 1.165) is 45.7 Å². The molecule has 4 heteroatoms. The molecule has 0 atom stereocenters. The lowest BCUT2D eigenvalue weighted by molar-refractivity contribution is 0.355. The molecule has 0 saturated carbocycles. The van der Waals surface area contributed by atoms with Gasteiger partial charge in [0.15, 0.2) is 0 Å². The zero-order chi connectivity index (χ0) is 12.8. The Labute approximate surface area is 118 Å². The van der Waals surface area contributed by atoms with Crippen LogP contribution in [0.1, 0.15) is 5.56 Å². The number of hydrogen-bond donors (Lipinski definition) is 1. The van der Waals surface area contributed by atoms with Gasteiger partial charge in [-0.25, -0.2) is 4.98 Å². The van der Waals surface area contributed by atoms with Gasteiger partial charge < -0.3 is 9.72 Å². The number of hydrogen-bond acceptors (Lipinski definition) is 2. The molecule has 1 N–H and O–H groups in total. The topological polar surface area (TPSA) is 37.9 Å². The first-order chi connectivity index (χ1) is 9.31. The van der Waals surface area contributed by atoms with Crippen molar-refractivity contribution in [3.8, 4) is 17.1 Å². The molecule has 0 spiro atoms. The maximum absolute atomic E-state index is 5.60. The van der Waals surface area contributed by atoms with Gasteiger partial charge in [-0.1, -0.05) is 12.1 Å². The first-order valence-corrected chi connectivity index (χ1v) is 7.01. The molecule has 0 fully saturated rings. The van der Waals surface area contributed by atoms with Crippen LogP contribution in [-0.4, -0.2) is 16.6 Å². The van der Waals surface area contributed by atoms with Crippen molar-refractivity contribution >= 4 is 27.0 Å². The quantitative estimate of drug-likeness (QED) is 0.739. The molecule has 19 heavy (non-hydrogen) atoms. The largest absolute Gasteiger partial charge is 0.492 e. The number of nitrogens with one attached hydrogen (secondary N) is 1.